The van der Waals surface area contributed by atoms with Crippen molar-refractivity contribution in [3.05, 3.63) is 29.7 Å². The number of likely N-dealkylation sites (tertiary alicyclic amines) is 1. The van der Waals surface area contributed by atoms with E-state index in [1.54, 1.807) is 13.1 Å². The number of rotatable bonds is 5. The molecule has 2 aromatic rings. The number of aliphatic imine (C=N–C) groups is 1. The smallest absolute Gasteiger partial charge is 0.188 e. The van der Waals surface area contributed by atoms with Gasteiger partial charge in [-0.05, 0) is 51.0 Å². The third-order valence-corrected chi connectivity index (χ3v) is 4.63. The summed E-state index contributed by atoms with van der Waals surface area (Å²) in [6, 6.07) is 4.64. The molecular weight excluding hydrogens is 309 g/mol. The van der Waals surface area contributed by atoms with Crippen LogP contribution in [0.3, 0.4) is 0 Å². The van der Waals surface area contributed by atoms with E-state index >= 15 is 0 Å². The van der Waals surface area contributed by atoms with Crippen molar-refractivity contribution in [1.29, 1.82) is 0 Å². The highest BCUT2D eigenvalue weighted by molar-refractivity contribution is 5.80. The van der Waals surface area contributed by atoms with Gasteiger partial charge in [-0.2, -0.15) is 0 Å². The standard InChI is InChI=1S/C17H24FN5O/c1-20-17(19)21-7-2-8-23-9-5-12(6-10-23)16-14-4-3-13(18)11-15(14)24-22-16/h3-4,11-12H,2,5-10H2,1H3,(H3,19,20,21). The SMILES string of the molecule is CN=C(N)NCCCN1CCC(c2noc3cc(F)ccc23)CC1. The molecule has 6 nitrogen and oxygen atoms in total. The van der Waals surface area contributed by atoms with E-state index in [9.17, 15) is 4.39 Å². The molecule has 3 rings (SSSR count). The van der Waals surface area contributed by atoms with E-state index in [4.69, 9.17) is 10.3 Å². The lowest BCUT2D eigenvalue weighted by Crippen LogP contribution is -2.37. The molecule has 1 aromatic heterocycles. The van der Waals surface area contributed by atoms with Crippen LogP contribution in [-0.2, 0) is 0 Å². The number of hydrogen-bond acceptors (Lipinski definition) is 4. The lowest BCUT2D eigenvalue weighted by molar-refractivity contribution is 0.207. The Morgan fingerprint density at radius 1 is 1.46 bits per heavy atom. The third-order valence-electron chi connectivity index (χ3n) is 4.63. The third kappa shape index (κ3) is 3.84. The first-order valence-corrected chi connectivity index (χ1v) is 8.40. The van der Waals surface area contributed by atoms with Gasteiger partial charge in [-0.15, -0.1) is 0 Å². The number of hydrogen-bond donors (Lipinski definition) is 2. The monoisotopic (exact) mass is 333 g/mol. The fraction of sp³-hybridized carbons (Fsp3) is 0.529. The Bertz CT molecular complexity index is 706. The molecule has 0 saturated carbocycles. The summed E-state index contributed by atoms with van der Waals surface area (Å²) in [5.41, 5.74) is 7.11. The summed E-state index contributed by atoms with van der Waals surface area (Å²) in [6.07, 6.45) is 3.13. The molecule has 0 radical (unpaired) electrons. The minimum atomic E-state index is -0.289. The molecule has 0 amide bonds. The minimum absolute atomic E-state index is 0.289. The van der Waals surface area contributed by atoms with Crippen LogP contribution in [0.1, 0.15) is 30.9 Å². The fourth-order valence-electron chi connectivity index (χ4n) is 3.25. The number of piperidine rings is 1. The van der Waals surface area contributed by atoms with Crippen LogP contribution in [-0.4, -0.2) is 49.2 Å². The van der Waals surface area contributed by atoms with E-state index in [1.807, 2.05) is 0 Å². The van der Waals surface area contributed by atoms with Gasteiger partial charge in [0, 0.05) is 31.0 Å². The van der Waals surface area contributed by atoms with Crippen molar-refractivity contribution in [1.82, 2.24) is 15.4 Å². The van der Waals surface area contributed by atoms with Crippen LogP contribution >= 0.6 is 0 Å². The molecule has 2 heterocycles. The Morgan fingerprint density at radius 3 is 3.00 bits per heavy atom. The van der Waals surface area contributed by atoms with Gasteiger partial charge in [0.05, 0.1) is 5.69 Å². The number of fused-ring (bicyclic) bond motifs is 1. The van der Waals surface area contributed by atoms with E-state index in [0.717, 1.165) is 56.5 Å². The first-order valence-electron chi connectivity index (χ1n) is 8.40. The Morgan fingerprint density at radius 2 is 2.25 bits per heavy atom. The van der Waals surface area contributed by atoms with Gasteiger partial charge >= 0.3 is 0 Å². The highest BCUT2D eigenvalue weighted by atomic mass is 19.1. The summed E-state index contributed by atoms with van der Waals surface area (Å²) >= 11 is 0. The van der Waals surface area contributed by atoms with E-state index in [0.29, 0.717) is 17.5 Å². The molecule has 7 heteroatoms. The molecule has 0 unspecified atom stereocenters. The minimum Gasteiger partial charge on any atom is -0.370 e. The first-order chi connectivity index (χ1) is 11.7. The highest BCUT2D eigenvalue weighted by Crippen LogP contribution is 2.32. The quantitative estimate of drug-likeness (QED) is 0.497. The number of nitrogens with one attached hydrogen (secondary N) is 1. The van der Waals surface area contributed by atoms with E-state index in [-0.39, 0.29) is 5.82 Å². The molecule has 1 aromatic carbocycles. The number of halogens is 1. The van der Waals surface area contributed by atoms with Gasteiger partial charge in [-0.3, -0.25) is 4.99 Å². The van der Waals surface area contributed by atoms with E-state index in [1.165, 1.54) is 12.1 Å². The maximum atomic E-state index is 13.2. The van der Waals surface area contributed by atoms with Gasteiger partial charge in [-0.1, -0.05) is 5.16 Å². The van der Waals surface area contributed by atoms with Crippen LogP contribution in [0.25, 0.3) is 11.0 Å². The number of benzene rings is 1. The molecule has 3 N–H and O–H groups in total. The zero-order chi connectivity index (χ0) is 16.9. The number of nitrogens with zero attached hydrogens (tertiary/aromatic N) is 3. The molecular formula is C17H24FN5O. The van der Waals surface area contributed by atoms with E-state index in [2.05, 4.69) is 20.4 Å². The second-order valence-electron chi connectivity index (χ2n) is 6.21. The van der Waals surface area contributed by atoms with Gasteiger partial charge in [0.15, 0.2) is 11.5 Å². The van der Waals surface area contributed by atoms with Gasteiger partial charge < -0.3 is 20.5 Å². The van der Waals surface area contributed by atoms with Crippen molar-refractivity contribution in [2.24, 2.45) is 10.7 Å². The zero-order valence-electron chi connectivity index (χ0n) is 14.0. The topological polar surface area (TPSA) is 79.7 Å². The average Bonchev–Trinajstić information content (AvgIpc) is 3.02. The van der Waals surface area contributed by atoms with Crippen molar-refractivity contribution in [3.63, 3.8) is 0 Å². The average molecular weight is 333 g/mol. The molecule has 0 bridgehead atoms. The summed E-state index contributed by atoms with van der Waals surface area (Å²) in [7, 11) is 1.68. The molecule has 0 spiro atoms. The largest absolute Gasteiger partial charge is 0.370 e. The van der Waals surface area contributed by atoms with Crippen LogP contribution in [0.4, 0.5) is 4.39 Å². The van der Waals surface area contributed by atoms with Crippen LogP contribution < -0.4 is 11.1 Å². The van der Waals surface area contributed by atoms with Crippen molar-refractivity contribution in [3.8, 4) is 0 Å². The molecule has 130 valence electrons. The lowest BCUT2D eigenvalue weighted by Gasteiger charge is -2.31. The second-order valence-corrected chi connectivity index (χ2v) is 6.21. The zero-order valence-corrected chi connectivity index (χ0v) is 14.0. The van der Waals surface area contributed by atoms with Crippen LogP contribution in [0.5, 0.6) is 0 Å². The van der Waals surface area contributed by atoms with Gasteiger partial charge in [0.2, 0.25) is 0 Å². The first kappa shape index (κ1) is 16.7. The Kier molecular flexibility index (Phi) is 5.30. The maximum Gasteiger partial charge on any atom is 0.188 e. The molecule has 24 heavy (non-hydrogen) atoms. The van der Waals surface area contributed by atoms with Gasteiger partial charge in [-0.25, -0.2) is 4.39 Å². The Hall–Kier alpha value is -2.15. The molecule has 1 fully saturated rings. The number of aromatic nitrogens is 1. The van der Waals surface area contributed by atoms with Crippen LogP contribution in [0.15, 0.2) is 27.7 Å². The summed E-state index contributed by atoms with van der Waals surface area (Å²) in [5, 5.41) is 8.21. The molecule has 0 aliphatic carbocycles. The van der Waals surface area contributed by atoms with Crippen molar-refractivity contribution < 1.29 is 8.91 Å². The van der Waals surface area contributed by atoms with Gasteiger partial charge in [0.25, 0.3) is 0 Å². The summed E-state index contributed by atoms with van der Waals surface area (Å²) in [5.74, 6) is 0.583. The van der Waals surface area contributed by atoms with Crippen LogP contribution in [0, 0.1) is 5.82 Å². The number of nitrogens with two attached hydrogens (primary N) is 1. The maximum absolute atomic E-state index is 13.2. The van der Waals surface area contributed by atoms with Crippen molar-refractivity contribution in [2.75, 3.05) is 33.2 Å². The Labute approximate surface area is 140 Å². The predicted molar refractivity (Wildman–Crippen MR) is 92.5 cm³/mol. The molecule has 1 saturated heterocycles. The summed E-state index contributed by atoms with van der Waals surface area (Å²) in [4.78, 5) is 6.33. The highest BCUT2D eigenvalue weighted by Gasteiger charge is 2.24. The Balaban J connectivity index is 1.49. The second kappa shape index (κ2) is 7.61. The van der Waals surface area contributed by atoms with Gasteiger partial charge in [0.1, 0.15) is 5.82 Å². The van der Waals surface area contributed by atoms with Crippen molar-refractivity contribution in [2.45, 2.75) is 25.2 Å². The molecule has 1 aliphatic rings. The van der Waals surface area contributed by atoms with Crippen molar-refractivity contribution >= 4 is 16.9 Å². The summed E-state index contributed by atoms with van der Waals surface area (Å²) < 4.78 is 18.5. The number of guanidine groups is 1. The van der Waals surface area contributed by atoms with Crippen LogP contribution in [0.2, 0.25) is 0 Å². The molecule has 1 aliphatic heterocycles. The van der Waals surface area contributed by atoms with E-state index < -0.39 is 0 Å². The lowest BCUT2D eigenvalue weighted by atomic mass is 9.91. The normalized spacial score (nSPS) is 17.5. The predicted octanol–water partition coefficient (Wildman–Crippen LogP) is 2.07. The summed E-state index contributed by atoms with van der Waals surface area (Å²) in [6.45, 7) is 3.96. The fourth-order valence-corrected chi connectivity index (χ4v) is 3.25. The molecule has 0 atom stereocenters.